The largest absolute Gasteiger partial charge is 0.497 e. The molecule has 1 aromatic heterocycles. The summed E-state index contributed by atoms with van der Waals surface area (Å²) >= 11 is 8.07. The Bertz CT molecular complexity index is 997. The van der Waals surface area contributed by atoms with Gasteiger partial charge in [-0.1, -0.05) is 23.7 Å². The number of rotatable bonds is 7. The maximum atomic E-state index is 12.4. The summed E-state index contributed by atoms with van der Waals surface area (Å²) in [4.78, 5) is 19.1. The molecule has 146 valence electrons. The number of amides is 1. The molecule has 0 spiro atoms. The Kier molecular flexibility index (Phi) is 6.78. The van der Waals surface area contributed by atoms with E-state index in [1.165, 1.54) is 0 Å². The number of aromatic nitrogens is 1. The molecule has 2 aromatic carbocycles. The predicted molar refractivity (Wildman–Crippen MR) is 116 cm³/mol. The fourth-order valence-electron chi connectivity index (χ4n) is 2.99. The molecule has 0 saturated heterocycles. The zero-order valence-corrected chi connectivity index (χ0v) is 17.7. The van der Waals surface area contributed by atoms with E-state index < -0.39 is 0 Å². The molecule has 0 aliphatic carbocycles. The molecule has 5 nitrogen and oxygen atoms in total. The van der Waals surface area contributed by atoms with E-state index in [-0.39, 0.29) is 5.91 Å². The van der Waals surface area contributed by atoms with Gasteiger partial charge in [0.2, 0.25) is 0 Å². The Hall–Kier alpha value is -2.28. The van der Waals surface area contributed by atoms with Gasteiger partial charge in [0.05, 0.1) is 19.7 Å². The van der Waals surface area contributed by atoms with Gasteiger partial charge in [-0.2, -0.15) is 0 Å². The number of anilines is 1. The van der Waals surface area contributed by atoms with Crippen LogP contribution in [0.4, 0.5) is 5.69 Å². The standard InChI is InChI=1S/C21H22ClN3O2S/c1-25(13-20(26)23-16-5-4-6-17(10-16)27-2)12-15-9-14-7-8-18(28-3)11-19(14)24-21(15)22/h4-11H,12-13H2,1-3H3,(H,23,26)/p+1. The maximum absolute atomic E-state index is 12.4. The number of carbonyl (C=O) groups excluding carboxylic acids is 1. The van der Waals surface area contributed by atoms with E-state index in [9.17, 15) is 4.79 Å². The Labute approximate surface area is 174 Å². The highest BCUT2D eigenvalue weighted by atomic mass is 35.5. The summed E-state index contributed by atoms with van der Waals surface area (Å²) in [5, 5.41) is 4.43. The van der Waals surface area contributed by atoms with Crippen LogP contribution in [0.5, 0.6) is 5.75 Å². The number of nitrogens with one attached hydrogen (secondary N) is 2. The zero-order valence-electron chi connectivity index (χ0n) is 16.1. The molecule has 1 heterocycles. The molecule has 28 heavy (non-hydrogen) atoms. The summed E-state index contributed by atoms with van der Waals surface area (Å²) in [6.07, 6.45) is 2.03. The van der Waals surface area contributed by atoms with Crippen molar-refractivity contribution in [1.82, 2.24) is 4.98 Å². The van der Waals surface area contributed by atoms with Gasteiger partial charge in [-0.3, -0.25) is 4.79 Å². The number of nitrogens with zero attached hydrogens (tertiary/aromatic N) is 1. The van der Waals surface area contributed by atoms with E-state index in [1.807, 2.05) is 37.6 Å². The van der Waals surface area contributed by atoms with Crippen molar-refractivity contribution >= 4 is 45.9 Å². The number of benzene rings is 2. The van der Waals surface area contributed by atoms with Crippen LogP contribution < -0.4 is 15.0 Å². The number of thioether (sulfide) groups is 1. The van der Waals surface area contributed by atoms with Gasteiger partial charge < -0.3 is 15.0 Å². The third-order valence-corrected chi connectivity index (χ3v) is 5.41. The van der Waals surface area contributed by atoms with Crippen LogP contribution in [0.15, 0.2) is 53.4 Å². The molecule has 0 saturated carbocycles. The van der Waals surface area contributed by atoms with E-state index in [4.69, 9.17) is 16.3 Å². The molecule has 3 aromatic rings. The van der Waals surface area contributed by atoms with Gasteiger partial charge in [0.25, 0.3) is 5.91 Å². The number of ether oxygens (including phenoxy) is 1. The maximum Gasteiger partial charge on any atom is 0.279 e. The molecule has 1 amide bonds. The van der Waals surface area contributed by atoms with Crippen molar-refractivity contribution in [1.29, 1.82) is 0 Å². The minimum absolute atomic E-state index is 0.0692. The summed E-state index contributed by atoms with van der Waals surface area (Å²) in [7, 11) is 3.56. The van der Waals surface area contributed by atoms with Crippen LogP contribution in [-0.2, 0) is 11.3 Å². The summed E-state index contributed by atoms with van der Waals surface area (Å²) in [5.41, 5.74) is 2.53. The lowest BCUT2D eigenvalue weighted by Gasteiger charge is -2.15. The minimum Gasteiger partial charge on any atom is -0.497 e. The van der Waals surface area contributed by atoms with Crippen LogP contribution in [0.1, 0.15) is 5.56 Å². The molecule has 0 radical (unpaired) electrons. The monoisotopic (exact) mass is 416 g/mol. The Morgan fingerprint density at radius 1 is 1.25 bits per heavy atom. The Morgan fingerprint density at radius 2 is 2.07 bits per heavy atom. The molecule has 1 unspecified atom stereocenters. The van der Waals surface area contributed by atoms with Gasteiger partial charge in [0, 0.05) is 27.6 Å². The van der Waals surface area contributed by atoms with E-state index in [1.54, 1.807) is 24.9 Å². The van der Waals surface area contributed by atoms with Crippen LogP contribution in [-0.4, -0.2) is 37.8 Å². The first kappa shape index (κ1) is 20.5. The first-order valence-electron chi connectivity index (χ1n) is 8.87. The second-order valence-electron chi connectivity index (χ2n) is 6.59. The van der Waals surface area contributed by atoms with Gasteiger partial charge in [0.15, 0.2) is 6.54 Å². The fraction of sp³-hybridized carbons (Fsp3) is 0.238. The third kappa shape index (κ3) is 5.16. The van der Waals surface area contributed by atoms with E-state index in [2.05, 4.69) is 28.5 Å². The highest BCUT2D eigenvalue weighted by Crippen LogP contribution is 2.24. The lowest BCUT2D eigenvalue weighted by atomic mass is 10.1. The highest BCUT2D eigenvalue weighted by Gasteiger charge is 2.14. The summed E-state index contributed by atoms with van der Waals surface area (Å²) in [6.45, 7) is 0.925. The van der Waals surface area contributed by atoms with Gasteiger partial charge >= 0.3 is 0 Å². The third-order valence-electron chi connectivity index (χ3n) is 4.36. The summed E-state index contributed by atoms with van der Waals surface area (Å²) in [6, 6.07) is 15.5. The Morgan fingerprint density at radius 3 is 2.82 bits per heavy atom. The molecular formula is C21H23ClN3O2S+. The first-order valence-corrected chi connectivity index (χ1v) is 10.5. The molecule has 1 atom stereocenters. The lowest BCUT2D eigenvalue weighted by molar-refractivity contribution is -0.885. The number of hydrogen-bond acceptors (Lipinski definition) is 4. The SMILES string of the molecule is COc1cccc(NC(=O)C[NH+](C)Cc2cc3ccc(SC)cc3nc2Cl)c1. The fourth-order valence-corrected chi connectivity index (χ4v) is 3.63. The van der Waals surface area contributed by atoms with Gasteiger partial charge in [-0.15, -0.1) is 11.8 Å². The van der Waals surface area contributed by atoms with Gasteiger partial charge in [0.1, 0.15) is 17.4 Å². The van der Waals surface area contributed by atoms with Crippen molar-refractivity contribution < 1.29 is 14.4 Å². The summed E-state index contributed by atoms with van der Waals surface area (Å²) < 4.78 is 5.18. The van der Waals surface area contributed by atoms with E-state index in [0.29, 0.717) is 29.7 Å². The second kappa shape index (κ2) is 9.28. The van der Waals surface area contributed by atoms with Crippen LogP contribution >= 0.6 is 23.4 Å². The number of carbonyl (C=O) groups is 1. The molecule has 0 aliphatic rings. The number of methoxy groups -OCH3 is 1. The quantitative estimate of drug-likeness (QED) is 0.458. The highest BCUT2D eigenvalue weighted by molar-refractivity contribution is 7.98. The molecule has 2 N–H and O–H groups in total. The average molecular weight is 417 g/mol. The van der Waals surface area contributed by atoms with Crippen molar-refractivity contribution in [3.8, 4) is 5.75 Å². The number of quaternary nitrogens is 1. The van der Waals surface area contributed by atoms with Crippen molar-refractivity contribution in [2.24, 2.45) is 0 Å². The van der Waals surface area contributed by atoms with Crippen molar-refractivity contribution in [2.75, 3.05) is 32.3 Å². The first-order chi connectivity index (χ1) is 13.5. The molecule has 3 rings (SSSR count). The van der Waals surface area contributed by atoms with Gasteiger partial charge in [-0.25, -0.2) is 4.98 Å². The van der Waals surface area contributed by atoms with Crippen LogP contribution in [0.3, 0.4) is 0 Å². The van der Waals surface area contributed by atoms with E-state index in [0.717, 1.165) is 26.3 Å². The normalized spacial score (nSPS) is 12.0. The van der Waals surface area contributed by atoms with Crippen molar-refractivity contribution in [2.45, 2.75) is 11.4 Å². The number of pyridine rings is 1. The van der Waals surface area contributed by atoms with Crippen molar-refractivity contribution in [3.05, 3.63) is 59.2 Å². The average Bonchev–Trinajstić information content (AvgIpc) is 2.68. The second-order valence-corrected chi connectivity index (χ2v) is 7.83. The predicted octanol–water partition coefficient (Wildman–Crippen LogP) is 3.27. The van der Waals surface area contributed by atoms with Gasteiger partial charge in [-0.05, 0) is 36.6 Å². The molecule has 0 bridgehead atoms. The number of likely N-dealkylation sites (N-methyl/N-ethyl adjacent to an activating group) is 1. The summed E-state index contributed by atoms with van der Waals surface area (Å²) in [5.74, 6) is 0.636. The van der Waals surface area contributed by atoms with Crippen LogP contribution in [0.2, 0.25) is 5.15 Å². The molecule has 0 fully saturated rings. The zero-order chi connectivity index (χ0) is 20.1. The van der Waals surface area contributed by atoms with Crippen LogP contribution in [0, 0.1) is 0 Å². The topological polar surface area (TPSA) is 55.7 Å². The number of fused-ring (bicyclic) bond motifs is 1. The minimum atomic E-state index is -0.0692. The lowest BCUT2D eigenvalue weighted by Crippen LogP contribution is -3.08. The van der Waals surface area contributed by atoms with Crippen molar-refractivity contribution in [3.63, 3.8) is 0 Å². The smallest absolute Gasteiger partial charge is 0.279 e. The number of hydrogen-bond donors (Lipinski definition) is 2. The Balaban J connectivity index is 1.65. The molecule has 0 aliphatic heterocycles. The molecule has 7 heteroatoms. The number of halogens is 1. The molecular weight excluding hydrogens is 394 g/mol. The van der Waals surface area contributed by atoms with E-state index >= 15 is 0 Å². The van der Waals surface area contributed by atoms with Crippen LogP contribution in [0.25, 0.3) is 10.9 Å².